The number of hydrogen-bond acceptors (Lipinski definition) is 2. The number of urea groups is 1. The summed E-state index contributed by atoms with van der Waals surface area (Å²) in [7, 11) is 2.14. The summed E-state index contributed by atoms with van der Waals surface area (Å²) < 4.78 is 0. The highest BCUT2D eigenvalue weighted by atomic mass is 16.2. The molecule has 1 atom stereocenters. The third kappa shape index (κ3) is 3.61. The van der Waals surface area contributed by atoms with E-state index in [4.69, 9.17) is 0 Å². The van der Waals surface area contributed by atoms with Crippen LogP contribution in [0.1, 0.15) is 35.4 Å². The van der Waals surface area contributed by atoms with E-state index in [1.54, 1.807) is 0 Å². The highest BCUT2D eigenvalue weighted by Gasteiger charge is 2.30. The molecular formula is C22H27N3O. The molecule has 1 N–H and O–H groups in total. The van der Waals surface area contributed by atoms with E-state index < -0.39 is 0 Å². The van der Waals surface area contributed by atoms with E-state index in [1.807, 2.05) is 11.0 Å². The number of fused-ring (bicyclic) bond motifs is 1. The fraction of sp³-hybridized carbons (Fsp3) is 0.409. The van der Waals surface area contributed by atoms with Crippen LogP contribution in [0.3, 0.4) is 0 Å². The number of nitrogens with zero attached hydrogens (tertiary/aromatic N) is 2. The predicted molar refractivity (Wildman–Crippen MR) is 104 cm³/mol. The van der Waals surface area contributed by atoms with E-state index in [0.717, 1.165) is 32.5 Å². The van der Waals surface area contributed by atoms with Crippen LogP contribution in [-0.2, 0) is 6.54 Å². The van der Waals surface area contributed by atoms with Gasteiger partial charge in [0, 0.05) is 25.0 Å². The Kier molecular flexibility index (Phi) is 4.93. The van der Waals surface area contributed by atoms with Gasteiger partial charge in [-0.05, 0) is 49.7 Å². The zero-order valence-electron chi connectivity index (χ0n) is 15.4. The molecule has 2 heterocycles. The van der Waals surface area contributed by atoms with Crippen LogP contribution < -0.4 is 5.32 Å². The first-order valence-corrected chi connectivity index (χ1v) is 9.57. The fourth-order valence-corrected chi connectivity index (χ4v) is 4.15. The van der Waals surface area contributed by atoms with Crippen molar-refractivity contribution in [2.24, 2.45) is 0 Å². The smallest absolute Gasteiger partial charge is 0.317 e. The van der Waals surface area contributed by atoms with Gasteiger partial charge in [-0.3, -0.25) is 0 Å². The second-order valence-electron chi connectivity index (χ2n) is 7.57. The van der Waals surface area contributed by atoms with Crippen molar-refractivity contribution >= 4 is 6.03 Å². The SMILES string of the molecule is CN1CCC(NC(=O)N2Cc3ccccc3C(c3ccccc3)C2)CC1. The molecule has 4 rings (SSSR count). The van der Waals surface area contributed by atoms with Crippen LogP contribution in [0.4, 0.5) is 4.79 Å². The van der Waals surface area contributed by atoms with Crippen molar-refractivity contribution < 1.29 is 4.79 Å². The Hall–Kier alpha value is -2.33. The summed E-state index contributed by atoms with van der Waals surface area (Å²) in [4.78, 5) is 17.2. The summed E-state index contributed by atoms with van der Waals surface area (Å²) in [5.41, 5.74) is 3.88. The number of amides is 2. The molecule has 1 fully saturated rings. The molecule has 26 heavy (non-hydrogen) atoms. The molecule has 1 saturated heterocycles. The van der Waals surface area contributed by atoms with Crippen molar-refractivity contribution in [3.8, 4) is 0 Å². The summed E-state index contributed by atoms with van der Waals surface area (Å²) in [6, 6.07) is 19.4. The first kappa shape index (κ1) is 17.1. The standard InChI is InChI=1S/C22H27N3O/c1-24-13-11-19(12-14-24)23-22(26)25-15-18-9-5-6-10-20(18)21(16-25)17-7-3-2-4-8-17/h2-10,19,21H,11-16H2,1H3,(H,23,26). The third-order valence-corrected chi connectivity index (χ3v) is 5.73. The van der Waals surface area contributed by atoms with E-state index in [1.165, 1.54) is 16.7 Å². The largest absolute Gasteiger partial charge is 0.335 e. The van der Waals surface area contributed by atoms with Crippen molar-refractivity contribution in [3.63, 3.8) is 0 Å². The number of rotatable bonds is 2. The van der Waals surface area contributed by atoms with Crippen LogP contribution >= 0.6 is 0 Å². The lowest BCUT2D eigenvalue weighted by atomic mass is 9.85. The topological polar surface area (TPSA) is 35.6 Å². The van der Waals surface area contributed by atoms with Crippen molar-refractivity contribution in [3.05, 3.63) is 71.3 Å². The van der Waals surface area contributed by atoms with Crippen LogP contribution in [-0.4, -0.2) is 48.6 Å². The number of carbonyl (C=O) groups is 1. The van der Waals surface area contributed by atoms with Crippen molar-refractivity contribution in [1.29, 1.82) is 0 Å². The second kappa shape index (κ2) is 7.50. The molecule has 2 aromatic rings. The summed E-state index contributed by atoms with van der Waals surface area (Å²) in [5, 5.41) is 3.27. The minimum absolute atomic E-state index is 0.0787. The Morgan fingerprint density at radius 1 is 1.00 bits per heavy atom. The van der Waals surface area contributed by atoms with Gasteiger partial charge in [-0.15, -0.1) is 0 Å². The summed E-state index contributed by atoms with van der Waals surface area (Å²) >= 11 is 0. The summed E-state index contributed by atoms with van der Waals surface area (Å²) in [5.74, 6) is 0.240. The minimum Gasteiger partial charge on any atom is -0.335 e. The predicted octanol–water partition coefficient (Wildman–Crippen LogP) is 3.44. The monoisotopic (exact) mass is 349 g/mol. The zero-order valence-corrected chi connectivity index (χ0v) is 15.4. The molecule has 2 amide bonds. The zero-order chi connectivity index (χ0) is 17.9. The molecule has 0 radical (unpaired) electrons. The number of benzene rings is 2. The van der Waals surface area contributed by atoms with Crippen molar-refractivity contribution in [2.45, 2.75) is 31.3 Å². The highest BCUT2D eigenvalue weighted by Crippen LogP contribution is 2.33. The van der Waals surface area contributed by atoms with Gasteiger partial charge in [0.15, 0.2) is 0 Å². The molecule has 1 unspecified atom stereocenters. The van der Waals surface area contributed by atoms with Crippen LogP contribution in [0.25, 0.3) is 0 Å². The van der Waals surface area contributed by atoms with Gasteiger partial charge in [0.25, 0.3) is 0 Å². The molecule has 2 aliphatic rings. The van der Waals surface area contributed by atoms with Crippen LogP contribution in [0.2, 0.25) is 0 Å². The molecule has 0 spiro atoms. The molecule has 4 nitrogen and oxygen atoms in total. The van der Waals surface area contributed by atoms with Crippen molar-refractivity contribution in [2.75, 3.05) is 26.7 Å². The van der Waals surface area contributed by atoms with Gasteiger partial charge in [0.2, 0.25) is 0 Å². The Morgan fingerprint density at radius 2 is 1.69 bits per heavy atom. The summed E-state index contributed by atoms with van der Waals surface area (Å²) in [6.07, 6.45) is 2.07. The van der Waals surface area contributed by atoms with Gasteiger partial charge in [-0.1, -0.05) is 54.6 Å². The maximum atomic E-state index is 12.9. The lowest BCUT2D eigenvalue weighted by Gasteiger charge is -2.37. The number of likely N-dealkylation sites (tertiary alicyclic amines) is 1. The van der Waals surface area contributed by atoms with E-state index in [0.29, 0.717) is 12.6 Å². The Labute approximate surface area is 155 Å². The molecule has 2 aromatic carbocycles. The Bertz CT molecular complexity index is 753. The van der Waals surface area contributed by atoms with Crippen molar-refractivity contribution in [1.82, 2.24) is 15.1 Å². The Balaban J connectivity index is 1.52. The van der Waals surface area contributed by atoms with Crippen LogP contribution in [0.15, 0.2) is 54.6 Å². The quantitative estimate of drug-likeness (QED) is 0.901. The first-order valence-electron chi connectivity index (χ1n) is 9.57. The van der Waals surface area contributed by atoms with Gasteiger partial charge >= 0.3 is 6.03 Å². The van der Waals surface area contributed by atoms with E-state index in [2.05, 4.69) is 65.8 Å². The van der Waals surface area contributed by atoms with Gasteiger partial charge in [-0.25, -0.2) is 4.79 Å². The van der Waals surface area contributed by atoms with Gasteiger partial charge in [0.05, 0.1) is 0 Å². The maximum Gasteiger partial charge on any atom is 0.317 e. The second-order valence-corrected chi connectivity index (χ2v) is 7.57. The molecule has 0 bridgehead atoms. The van der Waals surface area contributed by atoms with Gasteiger partial charge < -0.3 is 15.1 Å². The minimum atomic E-state index is 0.0787. The average molecular weight is 349 g/mol. The molecule has 4 heteroatoms. The lowest BCUT2D eigenvalue weighted by Crippen LogP contribution is -2.50. The third-order valence-electron chi connectivity index (χ3n) is 5.73. The molecule has 0 aromatic heterocycles. The molecular weight excluding hydrogens is 322 g/mol. The normalized spacial score (nSPS) is 21.3. The maximum absolute atomic E-state index is 12.9. The average Bonchev–Trinajstić information content (AvgIpc) is 2.69. The molecule has 0 saturated carbocycles. The van der Waals surface area contributed by atoms with E-state index in [9.17, 15) is 4.79 Å². The number of hydrogen-bond donors (Lipinski definition) is 1. The number of nitrogens with one attached hydrogen (secondary N) is 1. The van der Waals surface area contributed by atoms with Gasteiger partial charge in [-0.2, -0.15) is 0 Å². The lowest BCUT2D eigenvalue weighted by molar-refractivity contribution is 0.173. The molecule has 136 valence electrons. The van der Waals surface area contributed by atoms with E-state index >= 15 is 0 Å². The summed E-state index contributed by atoms with van der Waals surface area (Å²) in [6.45, 7) is 3.54. The number of piperidine rings is 1. The molecule has 2 aliphatic heterocycles. The number of carbonyl (C=O) groups excluding carboxylic acids is 1. The van der Waals surface area contributed by atoms with E-state index in [-0.39, 0.29) is 11.9 Å². The Morgan fingerprint density at radius 3 is 2.46 bits per heavy atom. The molecule has 0 aliphatic carbocycles. The first-order chi connectivity index (χ1) is 12.7. The fourth-order valence-electron chi connectivity index (χ4n) is 4.15. The highest BCUT2D eigenvalue weighted by molar-refractivity contribution is 5.75. The van der Waals surface area contributed by atoms with Gasteiger partial charge in [0.1, 0.15) is 0 Å². The van der Waals surface area contributed by atoms with Crippen LogP contribution in [0, 0.1) is 0 Å². The van der Waals surface area contributed by atoms with Crippen LogP contribution in [0.5, 0.6) is 0 Å².